The van der Waals surface area contributed by atoms with Gasteiger partial charge in [0.15, 0.2) is 5.78 Å². The third-order valence-corrected chi connectivity index (χ3v) is 2.74. The summed E-state index contributed by atoms with van der Waals surface area (Å²) in [5.74, 6) is -3.80. The van der Waals surface area contributed by atoms with Crippen molar-refractivity contribution in [3.05, 3.63) is 65.0 Å². The number of carbonyl (C=O) groups is 4. The van der Waals surface area contributed by atoms with Crippen LogP contribution in [0.1, 0.15) is 48.4 Å². The van der Waals surface area contributed by atoms with E-state index in [2.05, 4.69) is 4.98 Å². The second kappa shape index (κ2) is 8.18. The summed E-state index contributed by atoms with van der Waals surface area (Å²) in [5.41, 5.74) is 0.157. The molecular weight excluding hydrogens is 318 g/mol. The Balaban J connectivity index is 0.000000240. The van der Waals surface area contributed by atoms with E-state index in [0.717, 1.165) is 18.5 Å². The van der Waals surface area contributed by atoms with Crippen molar-refractivity contribution in [2.24, 2.45) is 0 Å². The Morgan fingerprint density at radius 1 is 0.875 bits per heavy atom. The molecule has 0 fully saturated rings. The first-order chi connectivity index (χ1) is 11.2. The molecular formula is C16H12NO7-. The Labute approximate surface area is 136 Å². The van der Waals surface area contributed by atoms with Crippen molar-refractivity contribution in [3.63, 3.8) is 0 Å². The number of aromatic carboxylic acids is 3. The van der Waals surface area contributed by atoms with E-state index in [1.165, 1.54) is 19.1 Å². The Kier molecular flexibility index (Phi) is 6.30. The number of carboxylic acid groups (broad SMARTS) is 3. The van der Waals surface area contributed by atoms with Crippen LogP contribution in [-0.2, 0) is 0 Å². The van der Waals surface area contributed by atoms with Crippen molar-refractivity contribution in [2.75, 3.05) is 0 Å². The van der Waals surface area contributed by atoms with E-state index in [1.807, 2.05) is 0 Å². The van der Waals surface area contributed by atoms with Crippen LogP contribution in [0.25, 0.3) is 0 Å². The number of hydrogen-bond acceptors (Lipinski definition) is 6. The van der Waals surface area contributed by atoms with Crippen molar-refractivity contribution in [3.8, 4) is 0 Å². The number of Topliss-reactive ketones (excluding diaryl/α,β-unsaturated/α-hetero) is 1. The molecule has 0 unspecified atom stereocenters. The first kappa shape index (κ1) is 18.5. The van der Waals surface area contributed by atoms with Gasteiger partial charge in [0, 0.05) is 23.5 Å². The fourth-order valence-electron chi connectivity index (χ4n) is 1.54. The molecule has 0 aliphatic carbocycles. The number of pyridine rings is 1. The van der Waals surface area contributed by atoms with Gasteiger partial charge in [-0.2, -0.15) is 0 Å². The molecule has 0 aliphatic heterocycles. The average Bonchev–Trinajstić information content (AvgIpc) is 2.55. The Hall–Kier alpha value is -3.55. The standard InChI is InChI=1S/C9H8O3.C7H5NO4/c1-6(10)7-3-2-4-8(5-7)9(11)12;9-6(10)4-1-5(7(11)12)3-8-2-4/h2-5H,1H3,(H,11,12);1-3H,(H,9,10)(H,11,12)/p-1. The molecule has 0 saturated carbocycles. The zero-order chi connectivity index (χ0) is 18.3. The minimum atomic E-state index is -1.44. The number of rotatable bonds is 4. The molecule has 124 valence electrons. The molecule has 2 aromatic rings. The second-order valence-electron chi connectivity index (χ2n) is 4.50. The number of nitrogens with zero attached hydrogens (tertiary/aromatic N) is 1. The summed E-state index contributed by atoms with van der Waals surface area (Å²) in [4.78, 5) is 45.3. The summed E-state index contributed by atoms with van der Waals surface area (Å²) >= 11 is 0. The molecule has 0 atom stereocenters. The Morgan fingerprint density at radius 3 is 1.88 bits per heavy atom. The molecule has 0 spiro atoms. The monoisotopic (exact) mass is 330 g/mol. The largest absolute Gasteiger partial charge is 0.545 e. The van der Waals surface area contributed by atoms with Crippen molar-refractivity contribution >= 4 is 23.7 Å². The van der Waals surface area contributed by atoms with Crippen LogP contribution in [0.15, 0.2) is 42.7 Å². The van der Waals surface area contributed by atoms with E-state index >= 15 is 0 Å². The van der Waals surface area contributed by atoms with Gasteiger partial charge in [-0.25, -0.2) is 9.59 Å². The van der Waals surface area contributed by atoms with Crippen molar-refractivity contribution < 1.29 is 34.5 Å². The van der Waals surface area contributed by atoms with Crippen LogP contribution < -0.4 is 5.11 Å². The Morgan fingerprint density at radius 2 is 1.38 bits per heavy atom. The summed E-state index contributed by atoms with van der Waals surface area (Å²) in [5, 5.41) is 27.2. The highest BCUT2D eigenvalue weighted by molar-refractivity contribution is 5.97. The highest BCUT2D eigenvalue weighted by atomic mass is 16.4. The van der Waals surface area contributed by atoms with Crippen LogP contribution in [0, 0.1) is 0 Å². The molecule has 1 aromatic carbocycles. The molecule has 8 nitrogen and oxygen atoms in total. The minimum absolute atomic E-state index is 0.127. The molecule has 24 heavy (non-hydrogen) atoms. The van der Waals surface area contributed by atoms with E-state index in [-0.39, 0.29) is 22.5 Å². The molecule has 1 aromatic heterocycles. The maximum Gasteiger partial charge on any atom is 0.337 e. The lowest BCUT2D eigenvalue weighted by Crippen LogP contribution is -2.22. The third-order valence-electron chi connectivity index (χ3n) is 2.74. The Bertz CT molecular complexity index is 673. The summed E-state index contributed by atoms with van der Waals surface area (Å²) in [6.45, 7) is 1.40. The third kappa shape index (κ3) is 5.34. The number of benzene rings is 1. The van der Waals surface area contributed by atoms with Crippen LogP contribution in [0.2, 0.25) is 0 Å². The normalized spacial score (nSPS) is 9.38. The first-order valence-corrected chi connectivity index (χ1v) is 6.46. The van der Waals surface area contributed by atoms with Crippen LogP contribution in [0.5, 0.6) is 0 Å². The summed E-state index contributed by atoms with van der Waals surface area (Å²) in [6.07, 6.45) is 2.09. The van der Waals surface area contributed by atoms with Crippen LogP contribution in [0.4, 0.5) is 0 Å². The zero-order valence-electron chi connectivity index (χ0n) is 12.4. The zero-order valence-corrected chi connectivity index (χ0v) is 12.4. The highest BCUT2D eigenvalue weighted by Crippen LogP contribution is 2.05. The van der Waals surface area contributed by atoms with Crippen LogP contribution >= 0.6 is 0 Å². The van der Waals surface area contributed by atoms with E-state index in [1.54, 1.807) is 12.1 Å². The molecule has 8 heteroatoms. The molecule has 0 bridgehead atoms. The van der Waals surface area contributed by atoms with E-state index in [0.29, 0.717) is 5.56 Å². The lowest BCUT2D eigenvalue weighted by molar-refractivity contribution is -0.255. The topological polar surface area (TPSA) is 145 Å². The van der Waals surface area contributed by atoms with Gasteiger partial charge in [0.1, 0.15) is 0 Å². The predicted octanol–water partition coefficient (Wildman–Crippen LogP) is 0.731. The number of carbonyl (C=O) groups excluding carboxylic acids is 2. The summed E-state index contributed by atoms with van der Waals surface area (Å²) in [6, 6.07) is 6.96. The molecule has 2 N–H and O–H groups in total. The highest BCUT2D eigenvalue weighted by Gasteiger charge is 2.05. The fourth-order valence-corrected chi connectivity index (χ4v) is 1.54. The van der Waals surface area contributed by atoms with Gasteiger partial charge in [-0.3, -0.25) is 9.78 Å². The maximum absolute atomic E-state index is 10.8. The fraction of sp³-hybridized carbons (Fsp3) is 0.0625. The van der Waals surface area contributed by atoms with Gasteiger partial charge in [-0.05, 0) is 25.1 Å². The van der Waals surface area contributed by atoms with Gasteiger partial charge in [-0.15, -0.1) is 0 Å². The predicted molar refractivity (Wildman–Crippen MR) is 78.9 cm³/mol. The number of ketones is 1. The van der Waals surface area contributed by atoms with Gasteiger partial charge in [0.05, 0.1) is 17.1 Å². The van der Waals surface area contributed by atoms with Crippen molar-refractivity contribution in [2.45, 2.75) is 6.92 Å². The van der Waals surface area contributed by atoms with Crippen molar-refractivity contribution in [1.82, 2.24) is 4.98 Å². The average molecular weight is 330 g/mol. The summed E-state index contributed by atoms with van der Waals surface area (Å²) < 4.78 is 0. The molecule has 0 radical (unpaired) electrons. The molecule has 2 rings (SSSR count). The lowest BCUT2D eigenvalue weighted by Gasteiger charge is -2.00. The molecule has 1 heterocycles. The van der Waals surface area contributed by atoms with Gasteiger partial charge in [0.25, 0.3) is 0 Å². The lowest BCUT2D eigenvalue weighted by atomic mass is 10.1. The van der Waals surface area contributed by atoms with Crippen molar-refractivity contribution in [1.29, 1.82) is 0 Å². The number of aromatic nitrogens is 1. The SMILES string of the molecule is CC(=O)c1cccc(C(=O)O)c1.O=C([O-])c1cncc(C(=O)O)c1. The van der Waals surface area contributed by atoms with Gasteiger partial charge < -0.3 is 20.1 Å². The first-order valence-electron chi connectivity index (χ1n) is 6.46. The molecule has 0 amide bonds. The smallest absolute Gasteiger partial charge is 0.337 e. The van der Waals surface area contributed by atoms with Crippen LogP contribution in [-0.4, -0.2) is 38.9 Å². The summed E-state index contributed by atoms with van der Waals surface area (Å²) in [7, 11) is 0. The minimum Gasteiger partial charge on any atom is -0.545 e. The number of carboxylic acids is 3. The van der Waals surface area contributed by atoms with E-state index in [4.69, 9.17) is 10.2 Å². The maximum atomic E-state index is 10.8. The van der Waals surface area contributed by atoms with Crippen LogP contribution in [0.3, 0.4) is 0 Å². The molecule has 0 saturated heterocycles. The van der Waals surface area contributed by atoms with Gasteiger partial charge in [0.2, 0.25) is 0 Å². The molecule has 0 aliphatic rings. The van der Waals surface area contributed by atoms with Gasteiger partial charge in [-0.1, -0.05) is 12.1 Å². The quantitative estimate of drug-likeness (QED) is 0.780. The second-order valence-corrected chi connectivity index (χ2v) is 4.50. The van der Waals surface area contributed by atoms with E-state index in [9.17, 15) is 24.3 Å². The van der Waals surface area contributed by atoms with E-state index < -0.39 is 17.9 Å². The number of hydrogen-bond donors (Lipinski definition) is 2. The van der Waals surface area contributed by atoms with Gasteiger partial charge >= 0.3 is 11.9 Å².